The van der Waals surface area contributed by atoms with Crippen LogP contribution in [-0.4, -0.2) is 35.1 Å². The van der Waals surface area contributed by atoms with Crippen LogP contribution in [0.3, 0.4) is 0 Å². The molecule has 1 N–H and O–H groups in total. The molecule has 0 aromatic carbocycles. The van der Waals surface area contributed by atoms with Crippen molar-refractivity contribution in [1.29, 1.82) is 0 Å². The SMILES string of the molecule is C[C@H]1Cn2ncc(OC3CCOC3)c2CN1. The van der Waals surface area contributed by atoms with Gasteiger partial charge >= 0.3 is 0 Å². The summed E-state index contributed by atoms with van der Waals surface area (Å²) in [6.45, 7) is 5.43. The predicted molar refractivity (Wildman–Crippen MR) is 58.4 cm³/mol. The van der Waals surface area contributed by atoms with Crippen LogP contribution in [0.25, 0.3) is 0 Å². The van der Waals surface area contributed by atoms with Crippen LogP contribution in [-0.2, 0) is 17.8 Å². The van der Waals surface area contributed by atoms with Crippen LogP contribution >= 0.6 is 0 Å². The van der Waals surface area contributed by atoms with Crippen molar-refractivity contribution in [3.05, 3.63) is 11.9 Å². The van der Waals surface area contributed by atoms with E-state index in [2.05, 4.69) is 17.3 Å². The second-order valence-electron chi connectivity index (χ2n) is 4.52. The number of nitrogens with one attached hydrogen (secondary N) is 1. The summed E-state index contributed by atoms with van der Waals surface area (Å²) in [6, 6.07) is 0.482. The van der Waals surface area contributed by atoms with Crippen LogP contribution in [0.5, 0.6) is 5.75 Å². The summed E-state index contributed by atoms with van der Waals surface area (Å²) in [7, 11) is 0. The molecule has 0 saturated carbocycles. The Hall–Kier alpha value is -1.07. The van der Waals surface area contributed by atoms with Crippen molar-refractivity contribution in [2.45, 2.75) is 38.6 Å². The molecule has 88 valence electrons. The molecule has 1 saturated heterocycles. The largest absolute Gasteiger partial charge is 0.484 e. The third-order valence-corrected chi connectivity index (χ3v) is 3.16. The molecule has 0 radical (unpaired) electrons. The van der Waals surface area contributed by atoms with Gasteiger partial charge in [-0.05, 0) is 6.92 Å². The van der Waals surface area contributed by atoms with E-state index >= 15 is 0 Å². The maximum atomic E-state index is 5.90. The number of aromatic nitrogens is 2. The smallest absolute Gasteiger partial charge is 0.162 e. The fraction of sp³-hybridized carbons (Fsp3) is 0.727. The zero-order valence-corrected chi connectivity index (χ0v) is 9.48. The van der Waals surface area contributed by atoms with Crippen LogP contribution in [0.1, 0.15) is 19.0 Å². The van der Waals surface area contributed by atoms with Crippen molar-refractivity contribution >= 4 is 0 Å². The molecule has 1 aromatic rings. The van der Waals surface area contributed by atoms with Gasteiger partial charge in [0, 0.05) is 19.0 Å². The minimum Gasteiger partial charge on any atom is -0.484 e. The van der Waals surface area contributed by atoms with Crippen LogP contribution < -0.4 is 10.1 Å². The molecule has 2 aliphatic heterocycles. The van der Waals surface area contributed by atoms with Gasteiger partial charge < -0.3 is 14.8 Å². The third-order valence-electron chi connectivity index (χ3n) is 3.16. The molecule has 0 spiro atoms. The van der Waals surface area contributed by atoms with Crippen LogP contribution in [0.4, 0.5) is 0 Å². The van der Waals surface area contributed by atoms with E-state index < -0.39 is 0 Å². The molecule has 5 heteroatoms. The Morgan fingerprint density at radius 1 is 1.62 bits per heavy atom. The molecule has 1 fully saturated rings. The van der Waals surface area contributed by atoms with Gasteiger partial charge in [-0.2, -0.15) is 5.10 Å². The Kier molecular flexibility index (Phi) is 2.57. The zero-order valence-electron chi connectivity index (χ0n) is 9.48. The van der Waals surface area contributed by atoms with Gasteiger partial charge in [-0.25, -0.2) is 0 Å². The lowest BCUT2D eigenvalue weighted by molar-refractivity contribution is 0.140. The van der Waals surface area contributed by atoms with Gasteiger partial charge in [0.05, 0.1) is 31.6 Å². The highest BCUT2D eigenvalue weighted by Gasteiger charge is 2.23. The highest BCUT2D eigenvalue weighted by molar-refractivity contribution is 5.26. The average molecular weight is 223 g/mol. The molecule has 0 bridgehead atoms. The lowest BCUT2D eigenvalue weighted by Gasteiger charge is -2.22. The summed E-state index contributed by atoms with van der Waals surface area (Å²) in [5, 5.41) is 7.78. The summed E-state index contributed by atoms with van der Waals surface area (Å²) in [4.78, 5) is 0. The topological polar surface area (TPSA) is 48.3 Å². The molecule has 0 aliphatic carbocycles. The van der Waals surface area contributed by atoms with Crippen molar-refractivity contribution in [1.82, 2.24) is 15.1 Å². The van der Waals surface area contributed by atoms with Crippen molar-refractivity contribution in [2.24, 2.45) is 0 Å². The first-order valence-electron chi connectivity index (χ1n) is 5.85. The minimum atomic E-state index is 0.202. The number of nitrogens with zero attached hydrogens (tertiary/aromatic N) is 2. The van der Waals surface area contributed by atoms with E-state index in [0.29, 0.717) is 12.6 Å². The highest BCUT2D eigenvalue weighted by atomic mass is 16.5. The van der Waals surface area contributed by atoms with E-state index in [4.69, 9.17) is 9.47 Å². The normalized spacial score (nSPS) is 29.1. The molecule has 16 heavy (non-hydrogen) atoms. The molecule has 1 aromatic heterocycles. The minimum absolute atomic E-state index is 0.202. The monoisotopic (exact) mass is 223 g/mol. The number of rotatable bonds is 2. The fourth-order valence-corrected chi connectivity index (χ4v) is 2.21. The van der Waals surface area contributed by atoms with Gasteiger partial charge in [0.2, 0.25) is 0 Å². The van der Waals surface area contributed by atoms with Gasteiger partial charge in [0.1, 0.15) is 6.10 Å². The summed E-state index contributed by atoms with van der Waals surface area (Å²) in [6.07, 6.45) is 3.01. The van der Waals surface area contributed by atoms with E-state index in [9.17, 15) is 0 Å². The van der Waals surface area contributed by atoms with E-state index in [1.807, 2.05) is 10.9 Å². The maximum absolute atomic E-state index is 5.90. The first-order chi connectivity index (χ1) is 7.83. The Labute approximate surface area is 94.7 Å². The summed E-state index contributed by atoms with van der Waals surface area (Å²) < 4.78 is 13.2. The third kappa shape index (κ3) is 1.81. The van der Waals surface area contributed by atoms with Crippen molar-refractivity contribution in [3.8, 4) is 5.75 Å². The van der Waals surface area contributed by atoms with Gasteiger partial charge in [-0.1, -0.05) is 0 Å². The summed E-state index contributed by atoms with van der Waals surface area (Å²) in [5.41, 5.74) is 1.16. The molecule has 0 amide bonds. The Morgan fingerprint density at radius 3 is 3.38 bits per heavy atom. The average Bonchev–Trinajstić information content (AvgIpc) is 2.89. The fourth-order valence-electron chi connectivity index (χ4n) is 2.21. The lowest BCUT2D eigenvalue weighted by atomic mass is 10.2. The molecular weight excluding hydrogens is 206 g/mol. The molecule has 3 rings (SSSR count). The maximum Gasteiger partial charge on any atom is 0.162 e. The lowest BCUT2D eigenvalue weighted by Crippen LogP contribution is -2.37. The van der Waals surface area contributed by atoms with Crippen molar-refractivity contribution in [2.75, 3.05) is 13.2 Å². The van der Waals surface area contributed by atoms with Gasteiger partial charge in [0.25, 0.3) is 0 Å². The quantitative estimate of drug-likeness (QED) is 0.795. The van der Waals surface area contributed by atoms with Crippen molar-refractivity contribution < 1.29 is 9.47 Å². The molecule has 2 aliphatic rings. The zero-order chi connectivity index (χ0) is 11.0. The molecule has 1 unspecified atom stereocenters. The van der Waals surface area contributed by atoms with E-state index in [1.54, 1.807) is 0 Å². The molecule has 5 nitrogen and oxygen atoms in total. The van der Waals surface area contributed by atoms with Gasteiger partial charge in [0.15, 0.2) is 5.75 Å². The standard InChI is InChI=1S/C11H17N3O2/c1-8-6-14-10(4-12-8)11(5-13-14)16-9-2-3-15-7-9/h5,8-9,12H,2-4,6-7H2,1H3/t8-,9?/m0/s1. The number of fused-ring (bicyclic) bond motifs is 1. The number of hydrogen-bond donors (Lipinski definition) is 1. The second kappa shape index (κ2) is 4.07. The van der Waals surface area contributed by atoms with Gasteiger partial charge in [-0.3, -0.25) is 4.68 Å². The summed E-state index contributed by atoms with van der Waals surface area (Å²) >= 11 is 0. The van der Waals surface area contributed by atoms with Gasteiger partial charge in [-0.15, -0.1) is 0 Å². The predicted octanol–water partition coefficient (Wildman–Crippen LogP) is 0.542. The summed E-state index contributed by atoms with van der Waals surface area (Å²) in [5.74, 6) is 0.912. The van der Waals surface area contributed by atoms with Crippen LogP contribution in [0.15, 0.2) is 6.20 Å². The molecular formula is C11H17N3O2. The van der Waals surface area contributed by atoms with E-state index in [1.165, 1.54) is 0 Å². The number of hydrogen-bond acceptors (Lipinski definition) is 4. The highest BCUT2D eigenvalue weighted by Crippen LogP contribution is 2.23. The van der Waals surface area contributed by atoms with E-state index in [0.717, 1.165) is 37.6 Å². The molecule has 2 atom stereocenters. The Balaban J connectivity index is 1.75. The molecule has 3 heterocycles. The van der Waals surface area contributed by atoms with Crippen molar-refractivity contribution in [3.63, 3.8) is 0 Å². The Morgan fingerprint density at radius 2 is 2.56 bits per heavy atom. The number of ether oxygens (including phenoxy) is 2. The Bertz CT molecular complexity index is 371. The second-order valence-corrected chi connectivity index (χ2v) is 4.52. The first-order valence-corrected chi connectivity index (χ1v) is 5.85. The van der Waals surface area contributed by atoms with Crippen LogP contribution in [0, 0.1) is 0 Å². The van der Waals surface area contributed by atoms with Crippen LogP contribution in [0.2, 0.25) is 0 Å². The first kappa shape index (κ1) is 10.1. The van der Waals surface area contributed by atoms with E-state index in [-0.39, 0.29) is 6.10 Å².